The molecule has 1 aliphatic heterocycles. The first-order valence-electron chi connectivity index (χ1n) is 10.9. The van der Waals surface area contributed by atoms with Crippen molar-refractivity contribution < 1.29 is 14.3 Å². The van der Waals surface area contributed by atoms with Gasteiger partial charge in [-0.15, -0.1) is 16.4 Å². The highest BCUT2D eigenvalue weighted by molar-refractivity contribution is 7.13. The Morgan fingerprint density at radius 2 is 2.09 bits per heavy atom. The van der Waals surface area contributed by atoms with Gasteiger partial charge in [0.25, 0.3) is 5.91 Å². The van der Waals surface area contributed by atoms with Gasteiger partial charge in [0.2, 0.25) is 5.82 Å². The molecular weight excluding hydrogens is 436 g/mol. The number of nitrogens with one attached hydrogen (secondary N) is 1. The Morgan fingerprint density at radius 1 is 1.21 bits per heavy atom. The van der Waals surface area contributed by atoms with Crippen LogP contribution in [-0.4, -0.2) is 40.0 Å². The number of amides is 1. The minimum atomic E-state index is -0.395. The second kappa shape index (κ2) is 9.56. The van der Waals surface area contributed by atoms with Gasteiger partial charge in [-0.25, -0.2) is 9.67 Å². The molecule has 0 spiro atoms. The number of carbonyl (C=O) groups is 1. The summed E-state index contributed by atoms with van der Waals surface area (Å²) in [6.45, 7) is 3.21. The zero-order valence-corrected chi connectivity index (χ0v) is 19.0. The van der Waals surface area contributed by atoms with Crippen LogP contribution in [-0.2, 0) is 4.74 Å². The number of anilines is 1. The highest BCUT2D eigenvalue weighted by Crippen LogP contribution is 2.29. The van der Waals surface area contributed by atoms with Crippen molar-refractivity contribution in [1.82, 2.24) is 14.8 Å². The summed E-state index contributed by atoms with van der Waals surface area (Å²) in [5, 5.41) is 9.43. The van der Waals surface area contributed by atoms with E-state index < -0.39 is 5.91 Å². The predicted molar refractivity (Wildman–Crippen MR) is 128 cm³/mol. The summed E-state index contributed by atoms with van der Waals surface area (Å²) in [7, 11) is 0. The van der Waals surface area contributed by atoms with Crippen LogP contribution in [0.15, 0.2) is 66.0 Å². The molecule has 0 bridgehead atoms. The molecule has 8 heteroatoms. The molecule has 1 amide bonds. The molecule has 1 aliphatic rings. The molecule has 168 valence electrons. The second-order valence-electron chi connectivity index (χ2n) is 7.88. The Bertz CT molecular complexity index is 1230. The molecule has 1 fully saturated rings. The average molecular weight is 461 g/mol. The molecular formula is C25H24N4O3S. The number of nitrogens with zero attached hydrogens (tertiary/aromatic N) is 3. The van der Waals surface area contributed by atoms with E-state index >= 15 is 0 Å². The van der Waals surface area contributed by atoms with Crippen molar-refractivity contribution >= 4 is 22.9 Å². The highest BCUT2D eigenvalue weighted by Gasteiger charge is 2.21. The number of aromatic nitrogens is 3. The maximum atomic E-state index is 13.2. The minimum absolute atomic E-state index is 0.0886. The van der Waals surface area contributed by atoms with Crippen LogP contribution in [0.1, 0.15) is 29.0 Å². The maximum absolute atomic E-state index is 13.2. The number of hydrogen-bond donors (Lipinski definition) is 1. The van der Waals surface area contributed by atoms with Crippen LogP contribution in [0.4, 0.5) is 5.69 Å². The molecule has 1 N–H and O–H groups in total. The van der Waals surface area contributed by atoms with Crippen molar-refractivity contribution in [3.8, 4) is 22.1 Å². The van der Waals surface area contributed by atoms with Gasteiger partial charge in [0, 0.05) is 6.61 Å². The standard InChI is InChI=1S/C25H24N4O3S/c1-17-11-12-20(21(15-17)32-16-19-9-5-13-31-19)26-25(30)23-27-24(22-10-6-14-33-22)29(28-23)18-7-3-2-4-8-18/h2-4,6-8,10-12,14-15,19H,5,9,13,16H2,1H3,(H,26,30)/t19-/m0/s1. The molecule has 4 aromatic rings. The molecule has 2 aromatic heterocycles. The molecule has 7 nitrogen and oxygen atoms in total. The zero-order chi connectivity index (χ0) is 22.6. The number of carbonyl (C=O) groups excluding carboxylic acids is 1. The topological polar surface area (TPSA) is 78.3 Å². The van der Waals surface area contributed by atoms with E-state index in [-0.39, 0.29) is 11.9 Å². The summed E-state index contributed by atoms with van der Waals surface area (Å²) < 4.78 is 13.4. The van der Waals surface area contributed by atoms with Gasteiger partial charge in [-0.1, -0.05) is 30.3 Å². The third kappa shape index (κ3) is 4.81. The van der Waals surface area contributed by atoms with Crippen molar-refractivity contribution in [3.05, 3.63) is 77.4 Å². The number of ether oxygens (including phenoxy) is 2. The lowest BCUT2D eigenvalue weighted by Gasteiger charge is -2.15. The number of aryl methyl sites for hydroxylation is 1. The van der Waals surface area contributed by atoms with Gasteiger partial charge in [0.05, 0.1) is 22.4 Å². The molecule has 3 heterocycles. The summed E-state index contributed by atoms with van der Waals surface area (Å²) in [4.78, 5) is 18.7. The van der Waals surface area contributed by atoms with Crippen molar-refractivity contribution in [1.29, 1.82) is 0 Å². The Labute approximate surface area is 196 Å². The van der Waals surface area contributed by atoms with E-state index in [1.54, 1.807) is 16.0 Å². The zero-order valence-electron chi connectivity index (χ0n) is 18.2. The van der Waals surface area contributed by atoms with Gasteiger partial charge in [-0.3, -0.25) is 4.79 Å². The third-order valence-electron chi connectivity index (χ3n) is 5.39. The fraction of sp³-hybridized carbons (Fsp3) is 0.240. The van der Waals surface area contributed by atoms with Crippen molar-refractivity contribution in [2.45, 2.75) is 25.9 Å². The van der Waals surface area contributed by atoms with Crippen LogP contribution >= 0.6 is 11.3 Å². The maximum Gasteiger partial charge on any atom is 0.295 e. The fourth-order valence-electron chi connectivity index (χ4n) is 3.71. The van der Waals surface area contributed by atoms with E-state index in [0.717, 1.165) is 35.6 Å². The van der Waals surface area contributed by atoms with E-state index in [1.165, 1.54) is 0 Å². The largest absolute Gasteiger partial charge is 0.489 e. The second-order valence-corrected chi connectivity index (χ2v) is 8.83. The summed E-state index contributed by atoms with van der Waals surface area (Å²) in [5.74, 6) is 0.932. The average Bonchev–Trinajstić information content (AvgIpc) is 3.61. The van der Waals surface area contributed by atoms with E-state index in [4.69, 9.17) is 9.47 Å². The van der Waals surface area contributed by atoms with Crippen LogP contribution in [0, 0.1) is 6.92 Å². The third-order valence-corrected chi connectivity index (χ3v) is 6.25. The lowest BCUT2D eigenvalue weighted by atomic mass is 10.2. The van der Waals surface area contributed by atoms with E-state index in [9.17, 15) is 4.79 Å². The van der Waals surface area contributed by atoms with Crippen LogP contribution in [0.2, 0.25) is 0 Å². The Morgan fingerprint density at radius 3 is 2.85 bits per heavy atom. The van der Waals surface area contributed by atoms with Crippen LogP contribution in [0.5, 0.6) is 5.75 Å². The lowest BCUT2D eigenvalue weighted by Crippen LogP contribution is -2.19. The molecule has 1 atom stereocenters. The Kier molecular flexibility index (Phi) is 6.19. The van der Waals surface area contributed by atoms with Gasteiger partial charge < -0.3 is 14.8 Å². The van der Waals surface area contributed by atoms with E-state index in [0.29, 0.717) is 23.9 Å². The first-order valence-corrected chi connectivity index (χ1v) is 11.8. The quantitative estimate of drug-likeness (QED) is 0.414. The normalized spacial score (nSPS) is 15.5. The van der Waals surface area contributed by atoms with Crippen LogP contribution < -0.4 is 10.1 Å². The summed E-state index contributed by atoms with van der Waals surface area (Å²) in [5.41, 5.74) is 2.46. The molecule has 0 aliphatic carbocycles. The molecule has 0 radical (unpaired) electrons. The smallest absolute Gasteiger partial charge is 0.295 e. The summed E-state index contributed by atoms with van der Waals surface area (Å²) in [6.07, 6.45) is 2.12. The van der Waals surface area contributed by atoms with Gasteiger partial charge in [-0.2, -0.15) is 0 Å². The van der Waals surface area contributed by atoms with Gasteiger partial charge >= 0.3 is 0 Å². The minimum Gasteiger partial charge on any atom is -0.489 e. The summed E-state index contributed by atoms with van der Waals surface area (Å²) in [6, 6.07) is 19.3. The molecule has 0 unspecified atom stereocenters. The predicted octanol–water partition coefficient (Wildman–Crippen LogP) is 5.11. The van der Waals surface area contributed by atoms with Crippen molar-refractivity contribution in [2.24, 2.45) is 0 Å². The number of hydrogen-bond acceptors (Lipinski definition) is 6. The molecule has 33 heavy (non-hydrogen) atoms. The molecule has 0 saturated carbocycles. The number of thiophene rings is 1. The van der Waals surface area contributed by atoms with Crippen molar-refractivity contribution in [3.63, 3.8) is 0 Å². The highest BCUT2D eigenvalue weighted by atomic mass is 32.1. The Hall–Kier alpha value is -3.49. The van der Waals surface area contributed by atoms with Crippen LogP contribution in [0.3, 0.4) is 0 Å². The summed E-state index contributed by atoms with van der Waals surface area (Å²) >= 11 is 1.55. The first-order chi connectivity index (χ1) is 16.2. The van der Waals surface area contributed by atoms with Crippen LogP contribution in [0.25, 0.3) is 16.4 Å². The molecule has 5 rings (SSSR count). The van der Waals surface area contributed by atoms with Gasteiger partial charge in [0.15, 0.2) is 5.82 Å². The molecule has 2 aromatic carbocycles. The first kappa shape index (κ1) is 21.4. The SMILES string of the molecule is Cc1ccc(NC(=O)c2nc(-c3cccs3)n(-c3ccccc3)n2)c(OC[C@@H]2CCCO2)c1. The number of benzene rings is 2. The van der Waals surface area contributed by atoms with Crippen molar-refractivity contribution in [2.75, 3.05) is 18.5 Å². The van der Waals surface area contributed by atoms with Gasteiger partial charge in [0.1, 0.15) is 12.4 Å². The van der Waals surface area contributed by atoms with E-state index in [2.05, 4.69) is 15.4 Å². The monoisotopic (exact) mass is 460 g/mol. The number of rotatable bonds is 7. The fourth-order valence-corrected chi connectivity index (χ4v) is 4.41. The van der Waals surface area contributed by atoms with Gasteiger partial charge in [-0.05, 0) is 61.0 Å². The number of para-hydroxylation sites is 1. The lowest BCUT2D eigenvalue weighted by molar-refractivity contribution is 0.0681. The Balaban J connectivity index is 1.41. The molecule has 1 saturated heterocycles. The van der Waals surface area contributed by atoms with E-state index in [1.807, 2.05) is 73.0 Å².